The van der Waals surface area contributed by atoms with Gasteiger partial charge in [-0.3, -0.25) is 9.59 Å². The Kier molecular flexibility index (Phi) is 58.0. The van der Waals surface area contributed by atoms with Crippen molar-refractivity contribution in [3.05, 3.63) is 36.5 Å². The van der Waals surface area contributed by atoms with E-state index in [9.17, 15) is 19.8 Å². The van der Waals surface area contributed by atoms with E-state index in [-0.39, 0.29) is 18.5 Å². The van der Waals surface area contributed by atoms with E-state index in [1.54, 1.807) is 6.08 Å². The highest BCUT2D eigenvalue weighted by atomic mass is 16.5. The van der Waals surface area contributed by atoms with Crippen molar-refractivity contribution in [3.63, 3.8) is 0 Å². The van der Waals surface area contributed by atoms with Gasteiger partial charge in [0.05, 0.1) is 25.4 Å². The summed E-state index contributed by atoms with van der Waals surface area (Å²) in [6.45, 7) is 4.86. The molecule has 0 aromatic rings. The summed E-state index contributed by atoms with van der Waals surface area (Å²) < 4.78 is 5.47. The molecular formula is C64H121NO5. The van der Waals surface area contributed by atoms with E-state index in [4.69, 9.17) is 4.74 Å². The minimum Gasteiger partial charge on any atom is -0.466 e. The topological polar surface area (TPSA) is 95.9 Å². The lowest BCUT2D eigenvalue weighted by atomic mass is 10.0. The van der Waals surface area contributed by atoms with Crippen LogP contribution >= 0.6 is 0 Å². The number of aliphatic hydroxyl groups excluding tert-OH is 2. The minimum atomic E-state index is -0.863. The Morgan fingerprint density at radius 3 is 1.01 bits per heavy atom. The van der Waals surface area contributed by atoms with Crippen LogP contribution in [0.1, 0.15) is 335 Å². The van der Waals surface area contributed by atoms with E-state index >= 15 is 0 Å². The molecule has 0 bridgehead atoms. The molecule has 0 saturated heterocycles. The van der Waals surface area contributed by atoms with Gasteiger partial charge < -0.3 is 20.3 Å². The molecule has 2 unspecified atom stereocenters. The average molecular weight is 985 g/mol. The van der Waals surface area contributed by atoms with Gasteiger partial charge in [-0.25, -0.2) is 0 Å². The molecule has 6 heteroatoms. The number of carbonyl (C=O) groups is 2. The maximum absolute atomic E-state index is 12.5. The first-order valence-electron chi connectivity index (χ1n) is 31.3. The van der Waals surface area contributed by atoms with E-state index in [0.717, 1.165) is 83.5 Å². The molecule has 0 saturated carbocycles. The smallest absolute Gasteiger partial charge is 0.305 e. The molecule has 70 heavy (non-hydrogen) atoms. The van der Waals surface area contributed by atoms with Gasteiger partial charge >= 0.3 is 5.97 Å². The van der Waals surface area contributed by atoms with Crippen LogP contribution in [0.5, 0.6) is 0 Å². The number of rotatable bonds is 58. The van der Waals surface area contributed by atoms with Crippen molar-refractivity contribution in [2.24, 2.45) is 0 Å². The summed E-state index contributed by atoms with van der Waals surface area (Å²) in [6, 6.07) is -0.648. The summed E-state index contributed by atoms with van der Waals surface area (Å²) in [5, 5.41) is 23.2. The lowest BCUT2D eigenvalue weighted by Gasteiger charge is -2.20. The molecule has 412 valence electrons. The van der Waals surface area contributed by atoms with Gasteiger partial charge in [0.15, 0.2) is 0 Å². The van der Waals surface area contributed by atoms with Crippen molar-refractivity contribution >= 4 is 11.9 Å². The van der Waals surface area contributed by atoms with Crippen molar-refractivity contribution in [1.29, 1.82) is 0 Å². The van der Waals surface area contributed by atoms with Crippen molar-refractivity contribution in [3.8, 4) is 0 Å². The van der Waals surface area contributed by atoms with Crippen LogP contribution in [0.3, 0.4) is 0 Å². The summed E-state index contributed by atoms with van der Waals surface area (Å²) in [5.41, 5.74) is 0. The van der Waals surface area contributed by atoms with Crippen LogP contribution in [0.15, 0.2) is 36.5 Å². The van der Waals surface area contributed by atoms with E-state index in [1.165, 1.54) is 225 Å². The minimum absolute atomic E-state index is 0.0267. The van der Waals surface area contributed by atoms with Crippen LogP contribution < -0.4 is 5.32 Å². The maximum Gasteiger partial charge on any atom is 0.305 e. The Bertz CT molecular complexity index is 1130. The zero-order chi connectivity index (χ0) is 50.7. The quantitative estimate of drug-likeness (QED) is 0.0321. The van der Waals surface area contributed by atoms with E-state index in [0.29, 0.717) is 19.4 Å². The number of nitrogens with one attached hydrogen (secondary N) is 1. The van der Waals surface area contributed by atoms with Crippen LogP contribution in [0, 0.1) is 0 Å². The zero-order valence-electron chi connectivity index (χ0n) is 47.0. The van der Waals surface area contributed by atoms with E-state index < -0.39 is 12.1 Å². The molecule has 0 aliphatic heterocycles. The molecule has 3 N–H and O–H groups in total. The highest BCUT2D eigenvalue weighted by Gasteiger charge is 2.18. The molecule has 6 nitrogen and oxygen atoms in total. The molecule has 0 aliphatic rings. The predicted octanol–water partition coefficient (Wildman–Crippen LogP) is 19.6. The number of unbranched alkanes of at least 4 members (excludes halogenated alkanes) is 43. The van der Waals surface area contributed by atoms with Gasteiger partial charge in [-0.05, 0) is 89.9 Å². The molecular weight excluding hydrogens is 863 g/mol. The molecule has 0 aliphatic carbocycles. The average Bonchev–Trinajstić information content (AvgIpc) is 3.36. The Balaban J connectivity index is 3.52. The number of aliphatic hydroxyl groups is 2. The third kappa shape index (κ3) is 55.4. The first-order valence-corrected chi connectivity index (χ1v) is 31.3. The van der Waals surface area contributed by atoms with Crippen molar-refractivity contribution in [2.45, 2.75) is 347 Å². The Labute approximate surface area is 436 Å². The van der Waals surface area contributed by atoms with Gasteiger partial charge in [0.1, 0.15) is 0 Å². The summed E-state index contributed by atoms with van der Waals surface area (Å²) in [4.78, 5) is 24.6. The first-order chi connectivity index (χ1) is 34.5. The molecule has 0 spiro atoms. The van der Waals surface area contributed by atoms with E-state index in [2.05, 4.69) is 43.5 Å². The third-order valence-corrected chi connectivity index (χ3v) is 14.4. The van der Waals surface area contributed by atoms with Gasteiger partial charge in [-0.1, -0.05) is 269 Å². The number of esters is 1. The highest BCUT2D eigenvalue weighted by molar-refractivity contribution is 5.76. The number of hydrogen-bond acceptors (Lipinski definition) is 5. The molecule has 0 fully saturated rings. The van der Waals surface area contributed by atoms with Gasteiger partial charge in [0.2, 0.25) is 5.91 Å². The summed E-state index contributed by atoms with van der Waals surface area (Å²) >= 11 is 0. The fourth-order valence-electron chi connectivity index (χ4n) is 9.57. The van der Waals surface area contributed by atoms with E-state index in [1.807, 2.05) is 6.08 Å². The fourth-order valence-corrected chi connectivity index (χ4v) is 9.57. The number of amides is 1. The summed E-state index contributed by atoms with van der Waals surface area (Å²) in [5.74, 6) is -0.118. The first kappa shape index (κ1) is 68.1. The highest BCUT2D eigenvalue weighted by Crippen LogP contribution is 2.17. The number of hydrogen-bond donors (Lipinski definition) is 3. The van der Waals surface area contributed by atoms with Crippen LogP contribution in [0.2, 0.25) is 0 Å². The Morgan fingerprint density at radius 2 is 0.671 bits per heavy atom. The SMILES string of the molecule is CCCCCCCCC/C=C\CCCCCCCCCC(=O)OCCCCC/C=C\CCCCCCCC(=O)NC(CO)C(O)/C=C/CCCCCCCCCCCCCCCCCCCCCCC. The van der Waals surface area contributed by atoms with Gasteiger partial charge in [0, 0.05) is 12.8 Å². The van der Waals surface area contributed by atoms with Gasteiger partial charge in [-0.2, -0.15) is 0 Å². The van der Waals surface area contributed by atoms with Crippen molar-refractivity contribution in [2.75, 3.05) is 13.2 Å². The van der Waals surface area contributed by atoms with Crippen LogP contribution in [0.4, 0.5) is 0 Å². The number of carbonyl (C=O) groups excluding carboxylic acids is 2. The van der Waals surface area contributed by atoms with Gasteiger partial charge in [0.25, 0.3) is 0 Å². The fraction of sp³-hybridized carbons (Fsp3) is 0.875. The predicted molar refractivity (Wildman–Crippen MR) is 306 cm³/mol. The number of allylic oxidation sites excluding steroid dienone is 5. The lowest BCUT2D eigenvalue weighted by Crippen LogP contribution is -2.45. The maximum atomic E-state index is 12.5. The van der Waals surface area contributed by atoms with Crippen LogP contribution in [-0.4, -0.2) is 47.4 Å². The van der Waals surface area contributed by atoms with Gasteiger partial charge in [-0.15, -0.1) is 0 Å². The monoisotopic (exact) mass is 984 g/mol. The lowest BCUT2D eigenvalue weighted by molar-refractivity contribution is -0.143. The summed E-state index contributed by atoms with van der Waals surface area (Å²) in [7, 11) is 0. The zero-order valence-corrected chi connectivity index (χ0v) is 47.0. The Morgan fingerprint density at radius 1 is 0.386 bits per heavy atom. The number of ether oxygens (including phenoxy) is 1. The second-order valence-electron chi connectivity index (χ2n) is 21.4. The largest absolute Gasteiger partial charge is 0.466 e. The molecule has 0 radical (unpaired) electrons. The molecule has 2 atom stereocenters. The standard InChI is InChI=1S/C64H121NO5/c1-3-5-7-9-11-13-15-17-19-21-23-24-25-26-27-28-30-32-36-40-44-48-52-56-62(67)61(60-66)65-63(68)57-53-49-45-41-37-34-35-39-43-47-51-55-59-70-64(69)58-54-50-46-42-38-33-31-29-22-20-18-16-14-12-10-8-6-4-2/h20,22,35,39,52,56,61-62,66-67H,3-19,21,23-34,36-38,40-51,53-55,57-60H2,1-2H3,(H,65,68)/b22-20-,39-35-,56-52+. The Hall–Kier alpha value is -1.92. The molecule has 0 rings (SSSR count). The molecule has 0 heterocycles. The normalized spacial score (nSPS) is 12.8. The van der Waals surface area contributed by atoms with Crippen molar-refractivity contribution < 1.29 is 24.5 Å². The molecule has 1 amide bonds. The third-order valence-electron chi connectivity index (χ3n) is 14.4. The second-order valence-corrected chi connectivity index (χ2v) is 21.4. The molecule has 0 aromatic heterocycles. The second kappa shape index (κ2) is 59.6. The van der Waals surface area contributed by atoms with Crippen LogP contribution in [-0.2, 0) is 14.3 Å². The molecule has 0 aromatic carbocycles. The summed E-state index contributed by atoms with van der Waals surface area (Å²) in [6.07, 6.45) is 74.7. The van der Waals surface area contributed by atoms with Crippen LogP contribution in [0.25, 0.3) is 0 Å². The van der Waals surface area contributed by atoms with Crippen molar-refractivity contribution in [1.82, 2.24) is 5.32 Å².